The van der Waals surface area contributed by atoms with Crippen molar-refractivity contribution in [3.63, 3.8) is 0 Å². The van der Waals surface area contributed by atoms with E-state index in [4.69, 9.17) is 0 Å². The van der Waals surface area contributed by atoms with Gasteiger partial charge in [-0.25, -0.2) is 0 Å². The lowest BCUT2D eigenvalue weighted by Crippen LogP contribution is -2.16. The van der Waals surface area contributed by atoms with Crippen LogP contribution < -0.4 is 0 Å². The molecule has 1 unspecified atom stereocenters. The summed E-state index contributed by atoms with van der Waals surface area (Å²) in [5, 5.41) is 0. The van der Waals surface area contributed by atoms with Crippen molar-refractivity contribution < 1.29 is 4.79 Å². The fraction of sp³-hybridized carbons (Fsp3) is 0.700. The fourth-order valence-corrected chi connectivity index (χ4v) is 2.36. The van der Waals surface area contributed by atoms with Gasteiger partial charge in [-0.1, -0.05) is 18.9 Å². The molecule has 0 bridgehead atoms. The molecule has 0 heterocycles. The topological polar surface area (TPSA) is 17.1 Å². The van der Waals surface area contributed by atoms with Crippen molar-refractivity contribution in [1.82, 2.24) is 0 Å². The maximum absolute atomic E-state index is 11.3. The van der Waals surface area contributed by atoms with E-state index in [1.165, 1.54) is 25.7 Å². The van der Waals surface area contributed by atoms with Crippen molar-refractivity contribution in [1.29, 1.82) is 0 Å². The maximum Gasteiger partial charge on any atom is 0.159 e. The monoisotopic (exact) mass is 150 g/mol. The number of allylic oxidation sites excluding steroid dienone is 2. The zero-order valence-electron chi connectivity index (χ0n) is 6.75. The molecule has 0 spiro atoms. The number of carbonyl (C=O) groups is 1. The summed E-state index contributed by atoms with van der Waals surface area (Å²) in [6.07, 6.45) is 10.1. The quantitative estimate of drug-likeness (QED) is 0.560. The molecule has 11 heavy (non-hydrogen) atoms. The third-order valence-corrected chi connectivity index (χ3v) is 3.01. The summed E-state index contributed by atoms with van der Waals surface area (Å²) in [4.78, 5) is 11.3. The Balaban J connectivity index is 1.99. The molecule has 1 nitrogen and oxygen atoms in total. The molecule has 0 aromatic carbocycles. The molecule has 60 valence electrons. The van der Waals surface area contributed by atoms with Crippen LogP contribution in [0, 0.1) is 11.8 Å². The van der Waals surface area contributed by atoms with Gasteiger partial charge in [0, 0.05) is 5.92 Å². The van der Waals surface area contributed by atoms with E-state index < -0.39 is 0 Å². The number of hydrogen-bond donors (Lipinski definition) is 0. The third kappa shape index (κ3) is 1.24. The van der Waals surface area contributed by atoms with Crippen molar-refractivity contribution in [2.45, 2.75) is 32.1 Å². The van der Waals surface area contributed by atoms with Crippen LogP contribution in [0.25, 0.3) is 0 Å². The summed E-state index contributed by atoms with van der Waals surface area (Å²) in [7, 11) is 0. The Morgan fingerprint density at radius 1 is 1.27 bits per heavy atom. The number of carbonyl (C=O) groups excluding carboxylic acids is 1. The Kier molecular flexibility index (Phi) is 1.80. The van der Waals surface area contributed by atoms with E-state index in [9.17, 15) is 4.79 Å². The van der Waals surface area contributed by atoms with Crippen molar-refractivity contribution >= 4 is 5.78 Å². The molecule has 2 aliphatic carbocycles. The Morgan fingerprint density at radius 3 is 2.55 bits per heavy atom. The molecular formula is C10H14O. The van der Waals surface area contributed by atoms with E-state index >= 15 is 0 Å². The number of hydrogen-bond acceptors (Lipinski definition) is 1. The minimum Gasteiger partial charge on any atom is -0.295 e. The Morgan fingerprint density at radius 2 is 2.00 bits per heavy atom. The number of ketones is 1. The molecule has 0 aromatic heterocycles. The van der Waals surface area contributed by atoms with Crippen LogP contribution in [0.4, 0.5) is 0 Å². The second-order valence-corrected chi connectivity index (χ2v) is 3.69. The summed E-state index contributed by atoms with van der Waals surface area (Å²) < 4.78 is 0. The highest BCUT2D eigenvalue weighted by Crippen LogP contribution is 2.35. The molecular weight excluding hydrogens is 136 g/mol. The maximum atomic E-state index is 11.3. The third-order valence-electron chi connectivity index (χ3n) is 3.01. The summed E-state index contributed by atoms with van der Waals surface area (Å²) in [6, 6.07) is 0. The summed E-state index contributed by atoms with van der Waals surface area (Å²) >= 11 is 0. The lowest BCUT2D eigenvalue weighted by atomic mass is 9.88. The molecule has 0 aliphatic heterocycles. The molecule has 2 rings (SSSR count). The van der Waals surface area contributed by atoms with Gasteiger partial charge in [-0.05, 0) is 31.3 Å². The first-order chi connectivity index (χ1) is 5.38. The lowest BCUT2D eigenvalue weighted by Gasteiger charge is -2.15. The average molecular weight is 150 g/mol. The molecule has 0 N–H and O–H groups in total. The van der Waals surface area contributed by atoms with E-state index in [1.54, 1.807) is 6.08 Å². The van der Waals surface area contributed by atoms with E-state index in [2.05, 4.69) is 0 Å². The van der Waals surface area contributed by atoms with E-state index in [0.29, 0.717) is 11.7 Å². The van der Waals surface area contributed by atoms with Gasteiger partial charge in [-0.3, -0.25) is 4.79 Å². The second kappa shape index (κ2) is 2.80. The van der Waals surface area contributed by atoms with Crippen LogP contribution in [0.2, 0.25) is 0 Å². The molecule has 1 atom stereocenters. The number of rotatable bonds is 1. The summed E-state index contributed by atoms with van der Waals surface area (Å²) in [5.74, 6) is 1.48. The Hall–Kier alpha value is -0.590. The van der Waals surface area contributed by atoms with Gasteiger partial charge in [0.25, 0.3) is 0 Å². The van der Waals surface area contributed by atoms with E-state index in [-0.39, 0.29) is 0 Å². The van der Waals surface area contributed by atoms with Gasteiger partial charge in [0.1, 0.15) is 0 Å². The molecule has 1 fully saturated rings. The molecule has 0 saturated heterocycles. The highest BCUT2D eigenvalue weighted by atomic mass is 16.1. The highest BCUT2D eigenvalue weighted by Gasteiger charge is 2.30. The molecule has 1 saturated carbocycles. The predicted octanol–water partition coefficient (Wildman–Crippen LogP) is 2.32. The minimum atomic E-state index is 0.373. The SMILES string of the molecule is O=C1C=CCC1C1CCCC1. The second-order valence-electron chi connectivity index (χ2n) is 3.69. The van der Waals surface area contributed by atoms with Gasteiger partial charge in [-0.15, -0.1) is 0 Å². The first-order valence-corrected chi connectivity index (χ1v) is 4.58. The molecule has 0 aromatic rings. The largest absolute Gasteiger partial charge is 0.295 e. The summed E-state index contributed by atoms with van der Waals surface area (Å²) in [5.41, 5.74) is 0. The first kappa shape index (κ1) is 7.08. The van der Waals surface area contributed by atoms with Crippen LogP contribution in [-0.2, 0) is 4.79 Å². The Labute approximate surface area is 67.5 Å². The molecule has 0 radical (unpaired) electrons. The average Bonchev–Trinajstić information content (AvgIpc) is 2.55. The van der Waals surface area contributed by atoms with Crippen LogP contribution in [-0.4, -0.2) is 5.78 Å². The van der Waals surface area contributed by atoms with Gasteiger partial charge in [0.2, 0.25) is 0 Å². The zero-order chi connectivity index (χ0) is 7.68. The van der Waals surface area contributed by atoms with Gasteiger partial charge < -0.3 is 0 Å². The Bertz CT molecular complexity index is 187. The molecule has 0 amide bonds. The van der Waals surface area contributed by atoms with Crippen molar-refractivity contribution in [2.75, 3.05) is 0 Å². The van der Waals surface area contributed by atoms with Gasteiger partial charge >= 0.3 is 0 Å². The summed E-state index contributed by atoms with van der Waals surface area (Å²) in [6.45, 7) is 0. The van der Waals surface area contributed by atoms with Crippen molar-refractivity contribution in [3.8, 4) is 0 Å². The molecule has 2 aliphatic rings. The zero-order valence-corrected chi connectivity index (χ0v) is 6.75. The van der Waals surface area contributed by atoms with Crippen molar-refractivity contribution in [2.24, 2.45) is 11.8 Å². The van der Waals surface area contributed by atoms with Crippen LogP contribution in [0.15, 0.2) is 12.2 Å². The minimum absolute atomic E-state index is 0.373. The van der Waals surface area contributed by atoms with Crippen LogP contribution >= 0.6 is 0 Å². The predicted molar refractivity (Wildman–Crippen MR) is 44.2 cm³/mol. The first-order valence-electron chi connectivity index (χ1n) is 4.58. The smallest absolute Gasteiger partial charge is 0.159 e. The van der Waals surface area contributed by atoms with Crippen LogP contribution in [0.5, 0.6) is 0 Å². The van der Waals surface area contributed by atoms with Gasteiger partial charge in [0.15, 0.2) is 5.78 Å². The normalized spacial score (nSPS) is 32.0. The highest BCUT2D eigenvalue weighted by molar-refractivity contribution is 5.94. The molecule has 1 heteroatoms. The fourth-order valence-electron chi connectivity index (χ4n) is 2.36. The van der Waals surface area contributed by atoms with Gasteiger partial charge in [0.05, 0.1) is 0 Å². The standard InChI is InChI=1S/C10H14O/c11-10-7-3-6-9(10)8-4-1-2-5-8/h3,7-9H,1-2,4-6H2. The van der Waals surface area contributed by atoms with Crippen LogP contribution in [0.3, 0.4) is 0 Å². The van der Waals surface area contributed by atoms with Crippen molar-refractivity contribution in [3.05, 3.63) is 12.2 Å². The lowest BCUT2D eigenvalue weighted by molar-refractivity contribution is -0.118. The van der Waals surface area contributed by atoms with Crippen LogP contribution in [0.1, 0.15) is 32.1 Å². The van der Waals surface area contributed by atoms with Gasteiger partial charge in [-0.2, -0.15) is 0 Å². The van der Waals surface area contributed by atoms with E-state index in [0.717, 1.165) is 12.3 Å². The van der Waals surface area contributed by atoms with E-state index in [1.807, 2.05) is 6.08 Å².